The van der Waals surface area contributed by atoms with Crippen molar-refractivity contribution in [2.24, 2.45) is 0 Å². The van der Waals surface area contributed by atoms with Crippen LogP contribution in [0.3, 0.4) is 0 Å². The number of benzene rings is 1. The lowest BCUT2D eigenvalue weighted by Crippen LogP contribution is -2.50. The SMILES string of the molecule is CC(C)(C)OC(=O)N1C[C@@H](Nc2ccc([N+](=O)[O-])cc2F)C[C@H]1C(=O)N1CCCC1C#N. The van der Waals surface area contributed by atoms with Crippen molar-refractivity contribution in [1.29, 1.82) is 5.26 Å². The number of halogens is 1. The fraction of sp³-hybridized carbons (Fsp3) is 0.571. The zero-order chi connectivity index (χ0) is 23.6. The summed E-state index contributed by atoms with van der Waals surface area (Å²) in [5.74, 6) is -1.14. The minimum absolute atomic E-state index is 0.0360. The summed E-state index contributed by atoms with van der Waals surface area (Å²) in [5.41, 5.74) is -1.11. The van der Waals surface area contributed by atoms with Crippen LogP contribution < -0.4 is 5.32 Å². The van der Waals surface area contributed by atoms with Crippen molar-refractivity contribution >= 4 is 23.4 Å². The first-order valence-electron chi connectivity index (χ1n) is 10.4. The van der Waals surface area contributed by atoms with Gasteiger partial charge in [-0.05, 0) is 46.1 Å². The molecular formula is C21H26FN5O5. The molecule has 32 heavy (non-hydrogen) atoms. The van der Waals surface area contributed by atoms with Crippen molar-refractivity contribution in [3.63, 3.8) is 0 Å². The maximum atomic E-state index is 14.4. The third kappa shape index (κ3) is 5.07. The monoisotopic (exact) mass is 447 g/mol. The maximum Gasteiger partial charge on any atom is 0.411 e. The average molecular weight is 447 g/mol. The van der Waals surface area contributed by atoms with Crippen LogP contribution in [0.4, 0.5) is 20.6 Å². The molecule has 172 valence electrons. The van der Waals surface area contributed by atoms with E-state index < -0.39 is 40.6 Å². The molecule has 1 aromatic carbocycles. The third-order valence-corrected chi connectivity index (χ3v) is 5.42. The van der Waals surface area contributed by atoms with Gasteiger partial charge >= 0.3 is 6.09 Å². The summed E-state index contributed by atoms with van der Waals surface area (Å²) in [4.78, 5) is 39.0. The fourth-order valence-electron chi connectivity index (χ4n) is 4.01. The van der Waals surface area contributed by atoms with Crippen LogP contribution >= 0.6 is 0 Å². The molecule has 3 atom stereocenters. The van der Waals surface area contributed by atoms with Gasteiger partial charge in [0.15, 0.2) is 5.82 Å². The highest BCUT2D eigenvalue weighted by Gasteiger charge is 2.45. The Labute approximate surface area is 185 Å². The number of ether oxygens (including phenoxy) is 1. The number of nitro benzene ring substituents is 1. The van der Waals surface area contributed by atoms with Crippen molar-refractivity contribution < 1.29 is 23.6 Å². The number of rotatable bonds is 4. The first kappa shape index (κ1) is 23.2. The van der Waals surface area contributed by atoms with E-state index >= 15 is 0 Å². The number of anilines is 1. The second-order valence-corrected chi connectivity index (χ2v) is 8.97. The van der Waals surface area contributed by atoms with Crippen LogP contribution in [0.1, 0.15) is 40.0 Å². The number of nitro groups is 1. The van der Waals surface area contributed by atoms with E-state index in [4.69, 9.17) is 4.74 Å². The Balaban J connectivity index is 1.81. The van der Waals surface area contributed by atoms with Gasteiger partial charge in [-0.1, -0.05) is 0 Å². The predicted octanol–water partition coefficient (Wildman–Crippen LogP) is 3.04. The molecule has 10 nitrogen and oxygen atoms in total. The Kier molecular flexibility index (Phi) is 6.52. The van der Waals surface area contributed by atoms with Gasteiger partial charge in [-0.25, -0.2) is 9.18 Å². The number of nitriles is 1. The largest absolute Gasteiger partial charge is 0.444 e. The van der Waals surface area contributed by atoms with Crippen LogP contribution in [0, 0.1) is 27.3 Å². The maximum absolute atomic E-state index is 14.4. The first-order valence-corrected chi connectivity index (χ1v) is 10.4. The molecule has 0 spiro atoms. The summed E-state index contributed by atoms with van der Waals surface area (Å²) in [7, 11) is 0. The summed E-state index contributed by atoms with van der Waals surface area (Å²) < 4.78 is 19.8. The fourth-order valence-corrected chi connectivity index (χ4v) is 4.01. The van der Waals surface area contributed by atoms with Gasteiger partial charge in [0.05, 0.1) is 22.7 Å². The molecule has 2 heterocycles. The molecule has 1 N–H and O–H groups in total. The molecule has 0 radical (unpaired) electrons. The van der Waals surface area contributed by atoms with Gasteiger partial charge in [-0.3, -0.25) is 19.8 Å². The van der Waals surface area contributed by atoms with Gasteiger partial charge < -0.3 is 15.0 Å². The number of hydrogen-bond donors (Lipinski definition) is 1. The van der Waals surface area contributed by atoms with E-state index in [1.54, 1.807) is 20.8 Å². The lowest BCUT2D eigenvalue weighted by molar-refractivity contribution is -0.385. The van der Waals surface area contributed by atoms with Crippen molar-refractivity contribution in [3.05, 3.63) is 34.1 Å². The van der Waals surface area contributed by atoms with E-state index in [1.165, 1.54) is 21.9 Å². The van der Waals surface area contributed by atoms with Crippen LogP contribution in [-0.4, -0.2) is 63.5 Å². The van der Waals surface area contributed by atoms with E-state index in [0.29, 0.717) is 19.4 Å². The Morgan fingerprint density at radius 2 is 2.06 bits per heavy atom. The lowest BCUT2D eigenvalue weighted by Gasteiger charge is -2.30. The summed E-state index contributed by atoms with van der Waals surface area (Å²) in [6, 6.07) is 3.48. The van der Waals surface area contributed by atoms with Crippen molar-refractivity contribution in [3.8, 4) is 6.07 Å². The van der Waals surface area contributed by atoms with Crippen LogP contribution in [0.5, 0.6) is 0 Å². The second kappa shape index (κ2) is 8.98. The molecule has 2 aliphatic rings. The first-order chi connectivity index (χ1) is 15.0. The van der Waals surface area contributed by atoms with Crippen LogP contribution in [-0.2, 0) is 9.53 Å². The van der Waals surface area contributed by atoms with Crippen LogP contribution in [0.2, 0.25) is 0 Å². The molecule has 2 amide bonds. The quantitative estimate of drug-likeness (QED) is 0.555. The topological polar surface area (TPSA) is 129 Å². The third-order valence-electron chi connectivity index (χ3n) is 5.42. The van der Waals surface area contributed by atoms with Crippen LogP contribution in [0.25, 0.3) is 0 Å². The number of hydrogen-bond acceptors (Lipinski definition) is 7. The number of nitrogens with one attached hydrogen (secondary N) is 1. The lowest BCUT2D eigenvalue weighted by atomic mass is 10.1. The molecule has 0 aromatic heterocycles. The Bertz CT molecular complexity index is 957. The number of amides is 2. The van der Waals surface area contributed by atoms with Gasteiger partial charge in [0.2, 0.25) is 5.91 Å². The molecular weight excluding hydrogens is 421 g/mol. The Hall–Kier alpha value is -3.42. The number of carbonyl (C=O) groups is 2. The molecule has 1 unspecified atom stereocenters. The Morgan fingerprint density at radius 3 is 2.66 bits per heavy atom. The van der Waals surface area contributed by atoms with Gasteiger partial charge in [-0.15, -0.1) is 0 Å². The highest BCUT2D eigenvalue weighted by molar-refractivity contribution is 5.87. The van der Waals surface area contributed by atoms with E-state index in [1.807, 2.05) is 0 Å². The highest BCUT2D eigenvalue weighted by atomic mass is 19.1. The minimum Gasteiger partial charge on any atom is -0.444 e. The zero-order valence-corrected chi connectivity index (χ0v) is 18.2. The van der Waals surface area contributed by atoms with Gasteiger partial charge in [-0.2, -0.15) is 5.26 Å². The summed E-state index contributed by atoms with van der Waals surface area (Å²) in [6.45, 7) is 5.65. The summed E-state index contributed by atoms with van der Waals surface area (Å²) >= 11 is 0. The number of non-ortho nitro benzene ring substituents is 1. The zero-order valence-electron chi connectivity index (χ0n) is 18.2. The van der Waals surface area contributed by atoms with E-state index in [9.17, 15) is 29.4 Å². The Morgan fingerprint density at radius 1 is 1.34 bits per heavy atom. The second-order valence-electron chi connectivity index (χ2n) is 8.97. The molecule has 0 saturated carbocycles. The van der Waals surface area contributed by atoms with Crippen LogP contribution in [0.15, 0.2) is 18.2 Å². The summed E-state index contributed by atoms with van der Waals surface area (Å²) in [6.07, 6.45) is 0.802. The van der Waals surface area contributed by atoms with Gasteiger partial charge in [0.1, 0.15) is 17.7 Å². The number of likely N-dealkylation sites (tertiary alicyclic amines) is 2. The van der Waals surface area contributed by atoms with Crippen molar-refractivity contribution in [2.45, 2.75) is 63.8 Å². The van der Waals surface area contributed by atoms with Crippen molar-refractivity contribution in [2.75, 3.05) is 18.4 Å². The average Bonchev–Trinajstić information content (AvgIpc) is 3.34. The molecule has 2 fully saturated rings. The molecule has 11 heteroatoms. The van der Waals surface area contributed by atoms with Gasteiger partial charge in [0, 0.05) is 25.2 Å². The molecule has 0 aliphatic carbocycles. The van der Waals surface area contributed by atoms with Gasteiger partial charge in [0.25, 0.3) is 5.69 Å². The molecule has 1 aromatic rings. The molecule has 3 rings (SSSR count). The number of carbonyl (C=O) groups excluding carboxylic acids is 2. The van der Waals surface area contributed by atoms with E-state index in [0.717, 1.165) is 6.07 Å². The molecule has 2 saturated heterocycles. The normalized spacial score (nSPS) is 23.0. The highest BCUT2D eigenvalue weighted by Crippen LogP contribution is 2.29. The number of nitrogens with zero attached hydrogens (tertiary/aromatic N) is 4. The predicted molar refractivity (Wildman–Crippen MR) is 112 cm³/mol. The van der Waals surface area contributed by atoms with Crippen molar-refractivity contribution in [1.82, 2.24) is 9.80 Å². The van der Waals surface area contributed by atoms with E-state index in [-0.39, 0.29) is 30.2 Å². The standard InChI is InChI=1S/C21H26FN5O5/c1-21(2,3)32-20(29)26-12-13(24-17-7-6-14(27(30)31)10-16(17)22)9-18(26)19(28)25-8-4-5-15(25)11-23/h6-7,10,13,15,18,24H,4-5,8-9,12H2,1-3H3/t13-,15?,18-/m0/s1. The summed E-state index contributed by atoms with van der Waals surface area (Å²) in [5, 5.41) is 23.1. The van der Waals surface area contributed by atoms with E-state index in [2.05, 4.69) is 11.4 Å². The molecule has 0 bridgehead atoms. The minimum atomic E-state index is -0.864. The smallest absolute Gasteiger partial charge is 0.411 e. The molecule has 2 aliphatic heterocycles.